The van der Waals surface area contributed by atoms with Gasteiger partial charge in [-0.15, -0.1) is 34.2 Å². The number of hydrogen-bond donors (Lipinski definition) is 2. The van der Waals surface area contributed by atoms with Crippen molar-refractivity contribution in [3.05, 3.63) is 41.5 Å². The molecule has 1 aromatic carbocycles. The van der Waals surface area contributed by atoms with Gasteiger partial charge in [0.2, 0.25) is 0 Å². The summed E-state index contributed by atoms with van der Waals surface area (Å²) in [7, 11) is 0. The van der Waals surface area contributed by atoms with Crippen molar-refractivity contribution in [2.75, 3.05) is 24.5 Å². The third-order valence-electron chi connectivity index (χ3n) is 5.19. The molecule has 0 bridgehead atoms. The first-order chi connectivity index (χ1) is 13.6. The van der Waals surface area contributed by atoms with Gasteiger partial charge < -0.3 is 20.1 Å². The Morgan fingerprint density at radius 1 is 1.28 bits per heavy atom. The molecule has 2 aliphatic heterocycles. The van der Waals surface area contributed by atoms with Crippen molar-refractivity contribution in [1.82, 2.24) is 25.4 Å². The summed E-state index contributed by atoms with van der Waals surface area (Å²) in [5, 5.41) is 15.1. The van der Waals surface area contributed by atoms with Crippen LogP contribution in [0.5, 0.6) is 0 Å². The summed E-state index contributed by atoms with van der Waals surface area (Å²) < 4.78 is 29.3. The Balaban J connectivity index is 0.00000240. The fraction of sp³-hybridized carbons (Fsp3) is 0.526. The van der Waals surface area contributed by atoms with Crippen molar-refractivity contribution in [1.29, 1.82) is 0 Å². The van der Waals surface area contributed by atoms with Crippen LogP contribution in [0.3, 0.4) is 0 Å². The van der Waals surface area contributed by atoms with Gasteiger partial charge in [-0.1, -0.05) is 0 Å². The lowest BCUT2D eigenvalue weighted by Crippen LogP contribution is -2.44. The molecular weight excluding hydrogens is 491 g/mol. The molecule has 0 aliphatic carbocycles. The van der Waals surface area contributed by atoms with Crippen LogP contribution >= 0.6 is 24.0 Å². The van der Waals surface area contributed by atoms with Gasteiger partial charge in [0.05, 0.1) is 5.69 Å². The van der Waals surface area contributed by atoms with E-state index in [9.17, 15) is 8.78 Å². The number of halogens is 3. The zero-order valence-electron chi connectivity index (χ0n) is 16.4. The van der Waals surface area contributed by atoms with Gasteiger partial charge in [-0.2, -0.15) is 0 Å². The minimum absolute atomic E-state index is 0. The van der Waals surface area contributed by atoms with Crippen molar-refractivity contribution in [3.63, 3.8) is 0 Å². The van der Waals surface area contributed by atoms with E-state index in [-0.39, 0.29) is 30.0 Å². The second-order valence-corrected chi connectivity index (χ2v) is 7.15. The summed E-state index contributed by atoms with van der Waals surface area (Å²) in [6.45, 7) is 5.52. The largest absolute Gasteiger partial charge is 0.367 e. The third kappa shape index (κ3) is 4.96. The maximum atomic E-state index is 14.0. The molecule has 0 saturated carbocycles. The summed E-state index contributed by atoms with van der Waals surface area (Å²) in [5.41, 5.74) is 0.437. The number of nitrogens with zero attached hydrogens (tertiary/aromatic N) is 5. The van der Waals surface area contributed by atoms with Gasteiger partial charge in [-0.25, -0.2) is 13.8 Å². The van der Waals surface area contributed by atoms with Crippen LogP contribution in [0.1, 0.15) is 31.4 Å². The van der Waals surface area contributed by atoms with Crippen LogP contribution < -0.4 is 15.5 Å². The highest BCUT2D eigenvalue weighted by Crippen LogP contribution is 2.24. The molecule has 10 heteroatoms. The van der Waals surface area contributed by atoms with Gasteiger partial charge in [0.1, 0.15) is 24.0 Å². The second-order valence-electron chi connectivity index (χ2n) is 7.15. The van der Waals surface area contributed by atoms with E-state index in [1.165, 1.54) is 12.1 Å². The molecule has 0 radical (unpaired) electrons. The topological polar surface area (TPSA) is 70.4 Å². The first kappa shape index (κ1) is 21.7. The zero-order chi connectivity index (χ0) is 19.5. The Labute approximate surface area is 186 Å². The number of guanidine groups is 1. The summed E-state index contributed by atoms with van der Waals surface area (Å²) >= 11 is 0. The molecule has 0 spiro atoms. The predicted molar refractivity (Wildman–Crippen MR) is 119 cm³/mol. The summed E-state index contributed by atoms with van der Waals surface area (Å²) in [6.07, 6.45) is 2.94. The van der Waals surface area contributed by atoms with E-state index in [1.54, 1.807) is 0 Å². The van der Waals surface area contributed by atoms with E-state index in [4.69, 9.17) is 0 Å². The van der Waals surface area contributed by atoms with Crippen molar-refractivity contribution in [3.8, 4) is 0 Å². The van der Waals surface area contributed by atoms with Crippen LogP contribution in [0.4, 0.5) is 14.5 Å². The minimum atomic E-state index is -0.559. The molecular formula is C19H26F2IN7. The molecule has 0 amide bonds. The average molecular weight is 517 g/mol. The van der Waals surface area contributed by atoms with E-state index in [1.807, 2.05) is 11.8 Å². The molecule has 1 aromatic heterocycles. The summed E-state index contributed by atoms with van der Waals surface area (Å²) in [4.78, 5) is 6.58. The maximum absolute atomic E-state index is 14.0. The Morgan fingerprint density at radius 2 is 2.14 bits per heavy atom. The number of fused-ring (bicyclic) bond motifs is 1. The highest BCUT2D eigenvalue weighted by molar-refractivity contribution is 14.0. The van der Waals surface area contributed by atoms with E-state index in [0.717, 1.165) is 50.1 Å². The van der Waals surface area contributed by atoms with Crippen LogP contribution in [0.25, 0.3) is 0 Å². The molecule has 1 atom stereocenters. The number of hydrogen-bond acceptors (Lipinski definition) is 4. The van der Waals surface area contributed by atoms with Gasteiger partial charge in [0, 0.05) is 44.7 Å². The second kappa shape index (κ2) is 9.68. The number of aromatic nitrogens is 3. The minimum Gasteiger partial charge on any atom is -0.367 e. The molecule has 2 N–H and O–H groups in total. The molecule has 7 nitrogen and oxygen atoms in total. The van der Waals surface area contributed by atoms with E-state index in [2.05, 4.69) is 30.4 Å². The Hall–Kier alpha value is -1.98. The summed E-state index contributed by atoms with van der Waals surface area (Å²) in [5.74, 6) is 1.55. The van der Waals surface area contributed by atoms with Crippen LogP contribution in [0.15, 0.2) is 23.2 Å². The first-order valence-corrected chi connectivity index (χ1v) is 9.80. The Morgan fingerprint density at radius 3 is 2.93 bits per heavy atom. The van der Waals surface area contributed by atoms with Gasteiger partial charge in [-0.3, -0.25) is 0 Å². The average Bonchev–Trinajstić information content (AvgIpc) is 3.37. The molecule has 158 valence electrons. The number of aliphatic imine (C=N–C) groups is 1. The van der Waals surface area contributed by atoms with Crippen LogP contribution in [-0.4, -0.2) is 46.4 Å². The third-order valence-corrected chi connectivity index (χ3v) is 5.19. The van der Waals surface area contributed by atoms with Crippen molar-refractivity contribution < 1.29 is 8.78 Å². The number of rotatable bonds is 5. The zero-order valence-corrected chi connectivity index (χ0v) is 18.7. The quantitative estimate of drug-likeness (QED) is 0.363. The number of aryl methyl sites for hydroxylation is 1. The predicted octanol–water partition coefficient (Wildman–Crippen LogP) is 2.45. The maximum Gasteiger partial charge on any atom is 0.191 e. The monoisotopic (exact) mass is 517 g/mol. The molecule has 4 rings (SSSR count). The highest BCUT2D eigenvalue weighted by atomic mass is 127. The van der Waals surface area contributed by atoms with Gasteiger partial charge in [-0.05, 0) is 31.9 Å². The SMILES string of the molecule is CCNC(=NCc1nnc2n1CCC2)NC1CCN(c2ccc(F)cc2F)C1.I. The molecule has 2 aromatic rings. The van der Waals surface area contributed by atoms with Gasteiger partial charge in [0.15, 0.2) is 11.8 Å². The molecule has 1 fully saturated rings. The normalized spacial score (nSPS) is 18.5. The highest BCUT2D eigenvalue weighted by Gasteiger charge is 2.25. The first-order valence-electron chi connectivity index (χ1n) is 9.80. The fourth-order valence-corrected chi connectivity index (χ4v) is 3.83. The van der Waals surface area contributed by atoms with Gasteiger partial charge >= 0.3 is 0 Å². The molecule has 3 heterocycles. The van der Waals surface area contributed by atoms with Crippen LogP contribution in [0.2, 0.25) is 0 Å². The van der Waals surface area contributed by atoms with Crippen LogP contribution in [-0.2, 0) is 19.5 Å². The lowest BCUT2D eigenvalue weighted by Gasteiger charge is -2.21. The summed E-state index contributed by atoms with van der Waals surface area (Å²) in [6, 6.07) is 3.85. The number of benzene rings is 1. The lowest BCUT2D eigenvalue weighted by molar-refractivity contribution is 0.580. The molecule has 1 saturated heterocycles. The van der Waals surface area contributed by atoms with E-state index in [0.29, 0.717) is 31.3 Å². The van der Waals surface area contributed by atoms with Crippen molar-refractivity contribution >= 4 is 35.6 Å². The van der Waals surface area contributed by atoms with Crippen molar-refractivity contribution in [2.45, 2.75) is 45.3 Å². The van der Waals surface area contributed by atoms with Gasteiger partial charge in [0.25, 0.3) is 0 Å². The van der Waals surface area contributed by atoms with Crippen molar-refractivity contribution in [2.24, 2.45) is 4.99 Å². The number of anilines is 1. The van der Waals surface area contributed by atoms with Crippen LogP contribution in [0, 0.1) is 11.6 Å². The Kier molecular flexibility index (Phi) is 7.25. The van der Waals surface area contributed by atoms with E-state index >= 15 is 0 Å². The molecule has 1 unspecified atom stereocenters. The lowest BCUT2D eigenvalue weighted by atomic mass is 10.2. The standard InChI is InChI=1S/C19H25F2N7.HI/c1-2-22-19(23-11-18-26-25-17-4-3-8-28(17)18)24-14-7-9-27(12-14)16-6-5-13(20)10-15(16)21;/h5-6,10,14H,2-4,7-9,11-12H2,1H3,(H2,22,23,24);1H. The number of nitrogens with one attached hydrogen (secondary N) is 2. The fourth-order valence-electron chi connectivity index (χ4n) is 3.83. The molecule has 2 aliphatic rings. The molecule has 29 heavy (non-hydrogen) atoms. The Bertz CT molecular complexity index is 870. The van der Waals surface area contributed by atoms with E-state index < -0.39 is 11.6 Å². The smallest absolute Gasteiger partial charge is 0.191 e.